The molecule has 8 nitrogen and oxygen atoms in total. The van der Waals surface area contributed by atoms with Gasteiger partial charge in [-0.1, -0.05) is 0 Å². The minimum absolute atomic E-state index is 0.0354. The minimum atomic E-state index is -0.286. The molecule has 0 unspecified atom stereocenters. The number of urea groups is 1. The van der Waals surface area contributed by atoms with E-state index in [1.807, 2.05) is 10.8 Å². The lowest BCUT2D eigenvalue weighted by Crippen LogP contribution is -2.35. The van der Waals surface area contributed by atoms with Crippen molar-refractivity contribution in [1.82, 2.24) is 14.9 Å². The highest BCUT2D eigenvalue weighted by Gasteiger charge is 2.22. The number of nitrogens with one attached hydrogen (secondary N) is 2. The molecule has 2 N–H and O–H groups in total. The Kier molecular flexibility index (Phi) is 4.64. The van der Waals surface area contributed by atoms with Gasteiger partial charge in [0, 0.05) is 38.2 Å². The summed E-state index contributed by atoms with van der Waals surface area (Å²) in [7, 11) is 1.68. The number of carbonyl (C=O) groups excluding carboxylic acids is 2. The quantitative estimate of drug-likeness (QED) is 0.813. The molecule has 0 saturated heterocycles. The van der Waals surface area contributed by atoms with Crippen molar-refractivity contribution in [2.45, 2.75) is 13.0 Å². The number of anilines is 2. The van der Waals surface area contributed by atoms with E-state index in [0.29, 0.717) is 23.7 Å². The molecule has 0 bridgehead atoms. The summed E-state index contributed by atoms with van der Waals surface area (Å²) in [5.41, 5.74) is 1.25. The molecule has 8 heteroatoms. The molecule has 0 fully saturated rings. The van der Waals surface area contributed by atoms with Crippen LogP contribution in [0, 0.1) is 0 Å². The van der Waals surface area contributed by atoms with Crippen LogP contribution in [0.1, 0.15) is 6.42 Å². The van der Waals surface area contributed by atoms with Crippen LogP contribution < -0.4 is 20.3 Å². The average Bonchev–Trinajstić information content (AvgIpc) is 3.09. The molecule has 24 heavy (non-hydrogen) atoms. The fourth-order valence-electron chi connectivity index (χ4n) is 2.41. The molecule has 0 spiro atoms. The van der Waals surface area contributed by atoms with Gasteiger partial charge in [-0.15, -0.1) is 0 Å². The maximum Gasteiger partial charge on any atom is 0.319 e. The number of ether oxygens (including phenoxy) is 1. The summed E-state index contributed by atoms with van der Waals surface area (Å²) in [5, 5.41) is 5.56. The second-order valence-corrected chi connectivity index (χ2v) is 5.46. The maximum absolute atomic E-state index is 11.9. The number of rotatable bonds is 5. The predicted octanol–water partition coefficient (Wildman–Crippen LogP) is 1.45. The zero-order valence-corrected chi connectivity index (χ0v) is 13.4. The zero-order chi connectivity index (χ0) is 16.9. The van der Waals surface area contributed by atoms with Crippen LogP contribution in [0.5, 0.6) is 5.75 Å². The van der Waals surface area contributed by atoms with Crippen LogP contribution >= 0.6 is 0 Å². The van der Waals surface area contributed by atoms with Gasteiger partial charge in [-0.25, -0.2) is 9.78 Å². The van der Waals surface area contributed by atoms with Crippen LogP contribution in [0.2, 0.25) is 0 Å². The molecule has 0 aliphatic carbocycles. The summed E-state index contributed by atoms with van der Waals surface area (Å²) >= 11 is 0. The Labute approximate surface area is 139 Å². The second kappa shape index (κ2) is 7.03. The first kappa shape index (κ1) is 15.9. The van der Waals surface area contributed by atoms with Crippen molar-refractivity contribution in [2.24, 2.45) is 0 Å². The minimum Gasteiger partial charge on any atom is -0.482 e. The Hall–Kier alpha value is -3.03. The predicted molar refractivity (Wildman–Crippen MR) is 89.2 cm³/mol. The molecule has 2 aromatic rings. The molecule has 1 aliphatic heterocycles. The number of amides is 3. The summed E-state index contributed by atoms with van der Waals surface area (Å²) in [6.45, 7) is 1.38. The number of aromatic nitrogens is 2. The van der Waals surface area contributed by atoms with Crippen molar-refractivity contribution >= 4 is 23.3 Å². The largest absolute Gasteiger partial charge is 0.482 e. The number of likely N-dealkylation sites (N-methyl/N-ethyl adjacent to an activating group) is 1. The van der Waals surface area contributed by atoms with E-state index in [0.717, 1.165) is 13.0 Å². The van der Waals surface area contributed by atoms with E-state index < -0.39 is 0 Å². The van der Waals surface area contributed by atoms with Gasteiger partial charge in [0.25, 0.3) is 5.91 Å². The van der Waals surface area contributed by atoms with E-state index in [-0.39, 0.29) is 18.5 Å². The molecule has 0 radical (unpaired) electrons. The first-order valence-electron chi connectivity index (χ1n) is 7.67. The maximum atomic E-state index is 11.9. The Balaban J connectivity index is 1.50. The molecule has 2 heterocycles. The lowest BCUT2D eigenvalue weighted by molar-refractivity contribution is -0.120. The van der Waals surface area contributed by atoms with Gasteiger partial charge in [0.05, 0.1) is 12.0 Å². The summed E-state index contributed by atoms with van der Waals surface area (Å²) in [4.78, 5) is 29.1. The molecular formula is C16H19N5O3. The fraction of sp³-hybridized carbons (Fsp3) is 0.312. The van der Waals surface area contributed by atoms with Gasteiger partial charge in [0.1, 0.15) is 5.75 Å². The number of benzene rings is 1. The van der Waals surface area contributed by atoms with Crippen molar-refractivity contribution in [3.05, 3.63) is 36.9 Å². The molecule has 3 amide bonds. The average molecular weight is 329 g/mol. The lowest BCUT2D eigenvalue weighted by Gasteiger charge is -2.26. The molecule has 1 aromatic heterocycles. The van der Waals surface area contributed by atoms with Crippen LogP contribution in [0.3, 0.4) is 0 Å². The Morgan fingerprint density at radius 3 is 3.08 bits per heavy atom. The standard InChI is InChI=1S/C16H19N5O3/c1-20-13-9-12(3-4-14(13)24-10-15(20)22)19-16(23)18-5-2-7-21-8-6-17-11-21/h3-4,6,8-9,11H,2,5,7,10H2,1H3,(H2,18,19,23). The molecule has 126 valence electrons. The van der Waals surface area contributed by atoms with E-state index in [1.54, 1.807) is 37.8 Å². The van der Waals surface area contributed by atoms with Crippen LogP contribution in [0.15, 0.2) is 36.9 Å². The number of imidazole rings is 1. The van der Waals surface area contributed by atoms with E-state index in [4.69, 9.17) is 4.74 Å². The summed E-state index contributed by atoms with van der Waals surface area (Å²) in [6, 6.07) is 4.92. The monoisotopic (exact) mass is 329 g/mol. The van der Waals surface area contributed by atoms with Crippen LogP contribution in [-0.2, 0) is 11.3 Å². The van der Waals surface area contributed by atoms with Crippen molar-refractivity contribution in [1.29, 1.82) is 0 Å². The van der Waals surface area contributed by atoms with Crippen LogP contribution in [0.25, 0.3) is 0 Å². The molecule has 3 rings (SSSR count). The normalized spacial score (nSPS) is 13.2. The van der Waals surface area contributed by atoms with Gasteiger partial charge >= 0.3 is 6.03 Å². The molecule has 0 atom stereocenters. The topological polar surface area (TPSA) is 88.5 Å². The third-order valence-electron chi connectivity index (χ3n) is 3.74. The highest BCUT2D eigenvalue weighted by molar-refractivity contribution is 5.99. The number of aryl methyl sites for hydroxylation is 1. The van der Waals surface area contributed by atoms with Gasteiger partial charge in [0.15, 0.2) is 6.61 Å². The van der Waals surface area contributed by atoms with Crippen molar-refractivity contribution in [2.75, 3.05) is 30.4 Å². The number of carbonyl (C=O) groups is 2. The highest BCUT2D eigenvalue weighted by atomic mass is 16.5. The highest BCUT2D eigenvalue weighted by Crippen LogP contribution is 2.33. The first-order chi connectivity index (χ1) is 11.6. The number of fused-ring (bicyclic) bond motifs is 1. The SMILES string of the molecule is CN1C(=O)COc2ccc(NC(=O)NCCCn3ccnc3)cc21. The van der Waals surface area contributed by atoms with Crippen molar-refractivity contribution < 1.29 is 14.3 Å². The first-order valence-corrected chi connectivity index (χ1v) is 7.67. The third kappa shape index (κ3) is 3.65. The van der Waals surface area contributed by atoms with Crippen LogP contribution in [-0.4, -0.2) is 41.7 Å². The van der Waals surface area contributed by atoms with E-state index in [9.17, 15) is 9.59 Å². The summed E-state index contributed by atoms with van der Waals surface area (Å²) in [6.07, 6.45) is 6.15. The number of hydrogen-bond acceptors (Lipinski definition) is 4. The van der Waals surface area contributed by atoms with Crippen LogP contribution in [0.4, 0.5) is 16.2 Å². The van der Waals surface area contributed by atoms with Gasteiger partial charge in [-0.2, -0.15) is 0 Å². The molecule has 0 saturated carbocycles. The molecule has 1 aromatic carbocycles. The number of nitrogens with zero attached hydrogens (tertiary/aromatic N) is 3. The third-order valence-corrected chi connectivity index (χ3v) is 3.74. The fourth-order valence-corrected chi connectivity index (χ4v) is 2.41. The summed E-state index contributed by atoms with van der Waals surface area (Å²) < 4.78 is 7.31. The van der Waals surface area contributed by atoms with Gasteiger partial charge in [-0.3, -0.25) is 4.79 Å². The Bertz CT molecular complexity index is 729. The second-order valence-electron chi connectivity index (χ2n) is 5.46. The molecular weight excluding hydrogens is 310 g/mol. The zero-order valence-electron chi connectivity index (χ0n) is 13.4. The van der Waals surface area contributed by atoms with Gasteiger partial charge in [0.2, 0.25) is 0 Å². The van der Waals surface area contributed by atoms with Crippen molar-refractivity contribution in [3.8, 4) is 5.75 Å². The van der Waals surface area contributed by atoms with Crippen molar-refractivity contribution in [3.63, 3.8) is 0 Å². The lowest BCUT2D eigenvalue weighted by atomic mass is 10.2. The Morgan fingerprint density at radius 2 is 2.29 bits per heavy atom. The smallest absolute Gasteiger partial charge is 0.319 e. The van der Waals surface area contributed by atoms with Gasteiger partial charge < -0.3 is 24.8 Å². The number of hydrogen-bond donors (Lipinski definition) is 2. The van der Waals surface area contributed by atoms with Gasteiger partial charge in [-0.05, 0) is 24.6 Å². The van der Waals surface area contributed by atoms with E-state index >= 15 is 0 Å². The van der Waals surface area contributed by atoms with E-state index in [1.165, 1.54) is 4.90 Å². The van der Waals surface area contributed by atoms with E-state index in [2.05, 4.69) is 15.6 Å². The summed E-state index contributed by atoms with van der Waals surface area (Å²) in [5.74, 6) is 0.506. The Morgan fingerprint density at radius 1 is 1.42 bits per heavy atom. The molecule has 1 aliphatic rings.